The van der Waals surface area contributed by atoms with E-state index in [-0.39, 0.29) is 6.61 Å². The Bertz CT molecular complexity index is 564. The largest absolute Gasteiger partial charge is 0.416 e. The molecule has 0 saturated heterocycles. The molecule has 0 atom stereocenters. The van der Waals surface area contributed by atoms with Crippen molar-refractivity contribution in [1.29, 1.82) is 0 Å². The zero-order chi connectivity index (χ0) is 15.3. The van der Waals surface area contributed by atoms with Crippen molar-refractivity contribution in [1.82, 2.24) is 15.1 Å². The summed E-state index contributed by atoms with van der Waals surface area (Å²) in [6.07, 6.45) is -0.793. The zero-order valence-corrected chi connectivity index (χ0v) is 11.3. The molecule has 0 saturated carbocycles. The van der Waals surface area contributed by atoms with Crippen molar-refractivity contribution < 1.29 is 18.3 Å². The Kier molecular flexibility index (Phi) is 4.98. The Morgan fingerprint density at radius 1 is 1.10 bits per heavy atom. The average molecular weight is 299 g/mol. The van der Waals surface area contributed by atoms with Gasteiger partial charge in [-0.2, -0.15) is 18.3 Å². The number of aliphatic hydroxyl groups is 1. The predicted molar refractivity (Wildman–Crippen MR) is 71.3 cm³/mol. The number of rotatable bonds is 6. The lowest BCUT2D eigenvalue weighted by molar-refractivity contribution is -0.137. The number of nitrogens with zero attached hydrogens (tertiary/aromatic N) is 2. The van der Waals surface area contributed by atoms with Gasteiger partial charge in [-0.05, 0) is 17.7 Å². The minimum Gasteiger partial charge on any atom is -0.394 e. The molecule has 0 aliphatic carbocycles. The summed E-state index contributed by atoms with van der Waals surface area (Å²) >= 11 is 0. The number of halogens is 3. The first kappa shape index (κ1) is 15.5. The third-order valence-electron chi connectivity index (χ3n) is 2.96. The van der Waals surface area contributed by atoms with Gasteiger partial charge in [0.25, 0.3) is 0 Å². The Hall–Kier alpha value is -1.86. The van der Waals surface area contributed by atoms with Gasteiger partial charge in [0.05, 0.1) is 24.9 Å². The van der Waals surface area contributed by atoms with Crippen LogP contribution < -0.4 is 5.32 Å². The van der Waals surface area contributed by atoms with Crippen LogP contribution in [0.25, 0.3) is 0 Å². The van der Waals surface area contributed by atoms with Gasteiger partial charge in [0.15, 0.2) is 0 Å². The molecule has 0 aliphatic rings. The van der Waals surface area contributed by atoms with Crippen LogP contribution in [0.5, 0.6) is 0 Å². The number of nitrogens with one attached hydrogen (secondary N) is 1. The Balaban J connectivity index is 1.82. The van der Waals surface area contributed by atoms with E-state index in [1.165, 1.54) is 12.1 Å². The van der Waals surface area contributed by atoms with Crippen LogP contribution in [0.15, 0.2) is 36.7 Å². The molecule has 7 heteroatoms. The van der Waals surface area contributed by atoms with Gasteiger partial charge in [-0.25, -0.2) is 0 Å². The summed E-state index contributed by atoms with van der Waals surface area (Å²) in [6, 6.07) is 5.09. The Morgan fingerprint density at radius 3 is 2.38 bits per heavy atom. The highest BCUT2D eigenvalue weighted by atomic mass is 19.4. The molecule has 2 N–H and O–H groups in total. The molecule has 0 radical (unpaired) electrons. The summed E-state index contributed by atoms with van der Waals surface area (Å²) in [5.41, 5.74) is 1.10. The van der Waals surface area contributed by atoms with Gasteiger partial charge in [0.2, 0.25) is 0 Å². The van der Waals surface area contributed by atoms with Gasteiger partial charge < -0.3 is 10.4 Å². The Morgan fingerprint density at radius 2 is 1.76 bits per heavy atom. The molecular formula is C14H16F3N3O. The van der Waals surface area contributed by atoms with E-state index in [2.05, 4.69) is 10.4 Å². The fourth-order valence-corrected chi connectivity index (χ4v) is 1.89. The minimum absolute atomic E-state index is 0.0279. The highest BCUT2D eigenvalue weighted by Gasteiger charge is 2.29. The van der Waals surface area contributed by atoms with Crippen molar-refractivity contribution in [2.45, 2.75) is 25.8 Å². The predicted octanol–water partition coefficient (Wildman–Crippen LogP) is 2.18. The summed E-state index contributed by atoms with van der Waals surface area (Å²) in [5, 5.41) is 16.0. The SMILES string of the molecule is OCCn1cc(CNCc2ccc(C(F)(F)F)cc2)cn1. The van der Waals surface area contributed by atoms with Crippen molar-refractivity contribution in [2.24, 2.45) is 0 Å². The molecule has 114 valence electrons. The molecule has 1 aromatic heterocycles. The topological polar surface area (TPSA) is 50.1 Å². The highest BCUT2D eigenvalue weighted by Crippen LogP contribution is 2.29. The summed E-state index contributed by atoms with van der Waals surface area (Å²) < 4.78 is 38.9. The average Bonchev–Trinajstić information content (AvgIpc) is 2.86. The lowest BCUT2D eigenvalue weighted by Crippen LogP contribution is -2.13. The summed E-state index contributed by atoms with van der Waals surface area (Å²) in [4.78, 5) is 0. The van der Waals surface area contributed by atoms with Crippen LogP contribution in [0.3, 0.4) is 0 Å². The number of hydrogen-bond donors (Lipinski definition) is 2. The smallest absolute Gasteiger partial charge is 0.394 e. The van der Waals surface area contributed by atoms with Crippen LogP contribution in [0.4, 0.5) is 13.2 Å². The van der Waals surface area contributed by atoms with Gasteiger partial charge in [0, 0.05) is 24.8 Å². The van der Waals surface area contributed by atoms with Gasteiger partial charge in [-0.15, -0.1) is 0 Å². The van der Waals surface area contributed by atoms with Crippen LogP contribution in [0, 0.1) is 0 Å². The fourth-order valence-electron chi connectivity index (χ4n) is 1.89. The van der Waals surface area contributed by atoms with Crippen molar-refractivity contribution >= 4 is 0 Å². The quantitative estimate of drug-likeness (QED) is 0.859. The standard InChI is InChI=1S/C14H16F3N3O/c15-14(16,17)13-3-1-11(2-4-13)7-18-8-12-9-19-20(10-12)5-6-21/h1-4,9-10,18,21H,5-8H2. The third-order valence-corrected chi connectivity index (χ3v) is 2.96. The highest BCUT2D eigenvalue weighted by molar-refractivity contribution is 5.24. The summed E-state index contributed by atoms with van der Waals surface area (Å²) in [6.45, 7) is 1.51. The molecule has 0 spiro atoms. The monoisotopic (exact) mass is 299 g/mol. The molecule has 21 heavy (non-hydrogen) atoms. The van der Waals surface area contributed by atoms with Crippen molar-refractivity contribution in [3.63, 3.8) is 0 Å². The molecular weight excluding hydrogens is 283 g/mol. The van der Waals surface area contributed by atoms with Crippen molar-refractivity contribution in [2.75, 3.05) is 6.61 Å². The van der Waals surface area contributed by atoms with Crippen molar-refractivity contribution in [3.05, 3.63) is 53.3 Å². The zero-order valence-electron chi connectivity index (χ0n) is 11.3. The van der Waals surface area contributed by atoms with E-state index in [0.717, 1.165) is 23.3 Å². The van der Waals surface area contributed by atoms with E-state index in [0.29, 0.717) is 19.6 Å². The summed E-state index contributed by atoms with van der Waals surface area (Å²) in [7, 11) is 0. The van der Waals surface area contributed by atoms with Crippen LogP contribution in [0.1, 0.15) is 16.7 Å². The van der Waals surface area contributed by atoms with Gasteiger partial charge >= 0.3 is 6.18 Å². The van der Waals surface area contributed by atoms with E-state index in [1.807, 2.05) is 6.20 Å². The lowest BCUT2D eigenvalue weighted by atomic mass is 10.1. The fraction of sp³-hybridized carbons (Fsp3) is 0.357. The Labute approximate surface area is 120 Å². The first-order valence-electron chi connectivity index (χ1n) is 6.48. The van der Waals surface area contributed by atoms with E-state index >= 15 is 0 Å². The molecule has 2 rings (SSSR count). The number of benzene rings is 1. The minimum atomic E-state index is -4.30. The molecule has 0 aliphatic heterocycles. The van der Waals surface area contributed by atoms with E-state index in [9.17, 15) is 13.2 Å². The third kappa shape index (κ3) is 4.57. The van der Waals surface area contributed by atoms with Crippen LogP contribution in [-0.4, -0.2) is 21.5 Å². The van der Waals surface area contributed by atoms with E-state index < -0.39 is 11.7 Å². The maximum absolute atomic E-state index is 12.4. The first-order chi connectivity index (χ1) is 9.99. The maximum Gasteiger partial charge on any atom is 0.416 e. The number of aliphatic hydroxyl groups excluding tert-OH is 1. The van der Waals surface area contributed by atoms with E-state index in [4.69, 9.17) is 5.11 Å². The maximum atomic E-state index is 12.4. The second-order valence-corrected chi connectivity index (χ2v) is 4.63. The molecule has 4 nitrogen and oxygen atoms in total. The number of hydrogen-bond acceptors (Lipinski definition) is 3. The van der Waals surface area contributed by atoms with Gasteiger partial charge in [-0.1, -0.05) is 12.1 Å². The molecule has 2 aromatic rings. The molecule has 1 aromatic carbocycles. The molecule has 0 unspecified atom stereocenters. The second-order valence-electron chi connectivity index (χ2n) is 4.63. The van der Waals surface area contributed by atoms with Crippen LogP contribution in [0.2, 0.25) is 0 Å². The second kappa shape index (κ2) is 6.73. The molecule has 1 heterocycles. The molecule has 0 bridgehead atoms. The van der Waals surface area contributed by atoms with Gasteiger partial charge in [-0.3, -0.25) is 4.68 Å². The van der Waals surface area contributed by atoms with Crippen LogP contribution >= 0.6 is 0 Å². The number of aromatic nitrogens is 2. The van der Waals surface area contributed by atoms with Crippen molar-refractivity contribution in [3.8, 4) is 0 Å². The van der Waals surface area contributed by atoms with Gasteiger partial charge in [0.1, 0.15) is 0 Å². The number of alkyl halides is 3. The van der Waals surface area contributed by atoms with E-state index in [1.54, 1.807) is 10.9 Å². The first-order valence-corrected chi connectivity index (χ1v) is 6.48. The summed E-state index contributed by atoms with van der Waals surface area (Å²) in [5.74, 6) is 0. The molecule has 0 amide bonds. The van der Waals surface area contributed by atoms with Crippen LogP contribution in [-0.2, 0) is 25.8 Å². The lowest BCUT2D eigenvalue weighted by Gasteiger charge is -2.08. The normalized spacial score (nSPS) is 11.8. The molecule has 0 fully saturated rings.